The van der Waals surface area contributed by atoms with Crippen molar-refractivity contribution < 1.29 is 9.13 Å². The maximum atomic E-state index is 14.8. The lowest BCUT2D eigenvalue weighted by molar-refractivity contribution is 0.108. The number of fused-ring (bicyclic) bond motifs is 1. The van der Waals surface area contributed by atoms with Gasteiger partial charge in [0.25, 0.3) is 0 Å². The van der Waals surface area contributed by atoms with Gasteiger partial charge in [-0.2, -0.15) is 0 Å². The first-order valence-electron chi connectivity index (χ1n) is 15.1. The predicted octanol–water partition coefficient (Wildman–Crippen LogP) is 10.1. The molecule has 192 valence electrons. The Bertz CT molecular complexity index is 722. The summed E-state index contributed by atoms with van der Waals surface area (Å²) < 4.78 is 20.2. The van der Waals surface area contributed by atoms with E-state index in [4.69, 9.17) is 4.74 Å². The van der Waals surface area contributed by atoms with Crippen molar-refractivity contribution in [2.75, 3.05) is 6.61 Å². The van der Waals surface area contributed by atoms with Crippen LogP contribution in [-0.2, 0) is 0 Å². The van der Waals surface area contributed by atoms with Crippen LogP contribution in [0.3, 0.4) is 0 Å². The second kappa shape index (κ2) is 13.3. The van der Waals surface area contributed by atoms with Gasteiger partial charge in [-0.3, -0.25) is 0 Å². The van der Waals surface area contributed by atoms with Crippen molar-refractivity contribution in [1.29, 1.82) is 0 Å². The molecule has 3 fully saturated rings. The Morgan fingerprint density at radius 1 is 0.735 bits per heavy atom. The van der Waals surface area contributed by atoms with E-state index in [2.05, 4.69) is 6.92 Å². The highest BCUT2D eigenvalue weighted by Gasteiger charge is 2.36. The highest BCUT2D eigenvalue weighted by atomic mass is 19.1. The Morgan fingerprint density at radius 2 is 1.41 bits per heavy atom. The molecular weight excluding hydrogens is 419 g/mol. The third-order valence-electron chi connectivity index (χ3n) is 9.86. The molecule has 0 radical (unpaired) electrons. The molecule has 4 unspecified atom stereocenters. The molecule has 1 nitrogen and oxygen atoms in total. The molecule has 4 rings (SSSR count). The summed E-state index contributed by atoms with van der Waals surface area (Å²) >= 11 is 0. The van der Waals surface area contributed by atoms with Gasteiger partial charge in [-0.1, -0.05) is 90.0 Å². The van der Waals surface area contributed by atoms with Crippen molar-refractivity contribution in [3.63, 3.8) is 0 Å². The largest absolute Gasteiger partial charge is 0.494 e. The number of unbranched alkanes of at least 4 members (excludes halogenated alkanes) is 3. The summed E-state index contributed by atoms with van der Waals surface area (Å²) in [4.78, 5) is 0. The molecule has 3 saturated carbocycles. The Kier molecular flexibility index (Phi) is 10.2. The van der Waals surface area contributed by atoms with Crippen LogP contribution in [0.1, 0.15) is 134 Å². The lowest BCUT2D eigenvalue weighted by atomic mass is 9.63. The third kappa shape index (κ3) is 7.23. The summed E-state index contributed by atoms with van der Waals surface area (Å²) in [6.45, 7) is 4.85. The molecule has 0 amide bonds. The number of benzene rings is 1. The summed E-state index contributed by atoms with van der Waals surface area (Å²) in [6, 6.07) is 5.56. The minimum Gasteiger partial charge on any atom is -0.494 e. The smallest absolute Gasteiger partial charge is 0.130 e. The summed E-state index contributed by atoms with van der Waals surface area (Å²) in [5.41, 5.74) is 0.935. The fraction of sp³-hybridized carbons (Fsp3) is 0.812. The molecule has 0 saturated heterocycles. The first kappa shape index (κ1) is 26.0. The van der Waals surface area contributed by atoms with Crippen molar-refractivity contribution in [2.24, 2.45) is 29.6 Å². The van der Waals surface area contributed by atoms with E-state index in [0.717, 1.165) is 35.2 Å². The van der Waals surface area contributed by atoms with Gasteiger partial charge in [-0.05, 0) is 86.2 Å². The Balaban J connectivity index is 1.16. The molecule has 0 aromatic heterocycles. The maximum absolute atomic E-state index is 14.8. The topological polar surface area (TPSA) is 9.23 Å². The van der Waals surface area contributed by atoms with Gasteiger partial charge in [0.05, 0.1) is 6.61 Å². The highest BCUT2D eigenvalue weighted by Crippen LogP contribution is 2.49. The Morgan fingerprint density at radius 3 is 2.15 bits per heavy atom. The summed E-state index contributed by atoms with van der Waals surface area (Å²) in [5.74, 6) is 5.76. The standard InChI is InChI=1S/C32H51FO/c1-3-5-6-7-8-24-9-11-25(12-10-24)13-14-26-15-16-28-22-29(18-17-27(28)21-26)31-20-19-30(34-4-2)23-32(31)33/h19-20,23-29H,3-18,21-22H2,1-2H3. The Labute approximate surface area is 209 Å². The normalized spacial score (nSPS) is 31.7. The van der Waals surface area contributed by atoms with Gasteiger partial charge >= 0.3 is 0 Å². The van der Waals surface area contributed by atoms with Gasteiger partial charge in [0, 0.05) is 6.07 Å². The number of ether oxygens (including phenoxy) is 1. The zero-order valence-corrected chi connectivity index (χ0v) is 22.2. The molecule has 0 heterocycles. The summed E-state index contributed by atoms with van der Waals surface area (Å²) in [6.07, 6.45) is 24.1. The first-order chi connectivity index (χ1) is 16.7. The van der Waals surface area contributed by atoms with Crippen LogP contribution in [0.15, 0.2) is 18.2 Å². The molecular formula is C32H51FO. The molecule has 0 bridgehead atoms. The van der Waals surface area contributed by atoms with Gasteiger partial charge in [0.15, 0.2) is 0 Å². The van der Waals surface area contributed by atoms with E-state index in [9.17, 15) is 4.39 Å². The fourth-order valence-corrected chi connectivity index (χ4v) is 7.77. The second-order valence-electron chi connectivity index (χ2n) is 12.1. The molecule has 0 spiro atoms. The Hall–Kier alpha value is -1.05. The molecule has 3 aliphatic rings. The molecule has 0 N–H and O–H groups in total. The maximum Gasteiger partial charge on any atom is 0.130 e. The zero-order valence-electron chi connectivity index (χ0n) is 22.2. The van der Waals surface area contributed by atoms with E-state index in [-0.39, 0.29) is 5.82 Å². The van der Waals surface area contributed by atoms with E-state index in [1.54, 1.807) is 6.07 Å². The van der Waals surface area contributed by atoms with E-state index >= 15 is 0 Å². The van der Waals surface area contributed by atoms with E-state index in [0.29, 0.717) is 18.3 Å². The molecule has 34 heavy (non-hydrogen) atoms. The highest BCUT2D eigenvalue weighted by molar-refractivity contribution is 5.31. The van der Waals surface area contributed by atoms with Gasteiger partial charge in [-0.25, -0.2) is 4.39 Å². The molecule has 3 aliphatic carbocycles. The minimum atomic E-state index is -0.0567. The van der Waals surface area contributed by atoms with Crippen molar-refractivity contribution in [1.82, 2.24) is 0 Å². The number of halogens is 1. The monoisotopic (exact) mass is 470 g/mol. The quantitative estimate of drug-likeness (QED) is 0.292. The van der Waals surface area contributed by atoms with Crippen molar-refractivity contribution >= 4 is 0 Å². The second-order valence-corrected chi connectivity index (χ2v) is 12.1. The van der Waals surface area contributed by atoms with Crippen LogP contribution in [0, 0.1) is 35.4 Å². The van der Waals surface area contributed by atoms with Crippen molar-refractivity contribution in [2.45, 2.75) is 129 Å². The average Bonchev–Trinajstić information content (AvgIpc) is 2.86. The minimum absolute atomic E-state index is 0.0567. The van der Waals surface area contributed by atoms with Gasteiger partial charge < -0.3 is 4.74 Å². The predicted molar refractivity (Wildman–Crippen MR) is 142 cm³/mol. The molecule has 2 heteroatoms. The number of rotatable bonds is 11. The lowest BCUT2D eigenvalue weighted by Crippen LogP contribution is -2.31. The molecule has 4 atom stereocenters. The third-order valence-corrected chi connectivity index (χ3v) is 9.86. The zero-order chi connectivity index (χ0) is 23.8. The van der Waals surface area contributed by atoms with Crippen LogP contribution in [0.4, 0.5) is 4.39 Å². The van der Waals surface area contributed by atoms with Gasteiger partial charge in [0.2, 0.25) is 0 Å². The molecule has 1 aromatic rings. The number of hydrogen-bond acceptors (Lipinski definition) is 1. The SMILES string of the molecule is CCCCCCC1CCC(CCC2CCC3CC(c4ccc(OCC)cc4F)CCC3C2)CC1. The summed E-state index contributed by atoms with van der Waals surface area (Å²) in [7, 11) is 0. The number of hydrogen-bond donors (Lipinski definition) is 0. The van der Waals surface area contributed by atoms with Crippen LogP contribution in [0.2, 0.25) is 0 Å². The van der Waals surface area contributed by atoms with Crippen molar-refractivity contribution in [3.05, 3.63) is 29.6 Å². The molecule has 0 aliphatic heterocycles. The van der Waals surface area contributed by atoms with E-state index < -0.39 is 0 Å². The van der Waals surface area contributed by atoms with Gasteiger partial charge in [-0.15, -0.1) is 0 Å². The van der Waals surface area contributed by atoms with Crippen LogP contribution >= 0.6 is 0 Å². The average molecular weight is 471 g/mol. The van der Waals surface area contributed by atoms with E-state index in [1.807, 2.05) is 19.1 Å². The van der Waals surface area contributed by atoms with Crippen LogP contribution in [-0.4, -0.2) is 6.61 Å². The summed E-state index contributed by atoms with van der Waals surface area (Å²) in [5, 5.41) is 0. The van der Waals surface area contributed by atoms with Gasteiger partial charge in [0.1, 0.15) is 11.6 Å². The lowest BCUT2D eigenvalue weighted by Gasteiger charge is -2.43. The van der Waals surface area contributed by atoms with Crippen LogP contribution < -0.4 is 4.74 Å². The van der Waals surface area contributed by atoms with Crippen LogP contribution in [0.5, 0.6) is 5.75 Å². The molecule has 1 aromatic carbocycles. The van der Waals surface area contributed by atoms with E-state index in [1.165, 1.54) is 109 Å². The van der Waals surface area contributed by atoms with Crippen molar-refractivity contribution in [3.8, 4) is 5.75 Å². The van der Waals surface area contributed by atoms with Crippen LogP contribution in [0.25, 0.3) is 0 Å². The first-order valence-corrected chi connectivity index (χ1v) is 15.1. The fourth-order valence-electron chi connectivity index (χ4n) is 7.77.